The van der Waals surface area contributed by atoms with E-state index in [1.54, 1.807) is 6.92 Å². The van der Waals surface area contributed by atoms with Crippen molar-refractivity contribution < 1.29 is 9.90 Å². The first-order valence-electron chi connectivity index (χ1n) is 8.99. The quantitative estimate of drug-likeness (QED) is 0.736. The van der Waals surface area contributed by atoms with Crippen molar-refractivity contribution in [2.75, 3.05) is 11.9 Å². The summed E-state index contributed by atoms with van der Waals surface area (Å²) in [4.78, 5) is 13.5. The average Bonchev–Trinajstić information content (AvgIpc) is 3.27. The van der Waals surface area contributed by atoms with Crippen molar-refractivity contribution in [1.82, 2.24) is 10.2 Å². The summed E-state index contributed by atoms with van der Waals surface area (Å²) < 4.78 is 0. The molecule has 2 aliphatic rings. The molecule has 3 N–H and O–H groups in total. The van der Waals surface area contributed by atoms with Crippen LogP contribution in [0.4, 0.5) is 5.69 Å². The molecular weight excluding hydrogens is 338 g/mol. The summed E-state index contributed by atoms with van der Waals surface area (Å²) in [7, 11) is 0. The molecule has 5 heteroatoms. The van der Waals surface area contributed by atoms with Gasteiger partial charge in [0.2, 0.25) is 5.91 Å². The molecule has 0 aliphatic carbocycles. The predicted molar refractivity (Wildman–Crippen MR) is 106 cm³/mol. The molecule has 5 nitrogen and oxygen atoms in total. The van der Waals surface area contributed by atoms with Gasteiger partial charge in [0.05, 0.1) is 19.1 Å². The van der Waals surface area contributed by atoms with E-state index >= 15 is 0 Å². The van der Waals surface area contributed by atoms with Crippen molar-refractivity contribution in [3.8, 4) is 23.0 Å². The van der Waals surface area contributed by atoms with Gasteiger partial charge in [-0.05, 0) is 41.8 Å². The third-order valence-corrected chi connectivity index (χ3v) is 4.79. The Morgan fingerprint density at radius 2 is 2.00 bits per heavy atom. The highest BCUT2D eigenvalue weighted by Crippen LogP contribution is 2.29. The minimum Gasteiger partial charge on any atom is -0.389 e. The van der Waals surface area contributed by atoms with Crippen LogP contribution in [0.3, 0.4) is 0 Å². The molecule has 0 aromatic heterocycles. The van der Waals surface area contributed by atoms with Gasteiger partial charge in [-0.25, -0.2) is 0 Å². The zero-order valence-corrected chi connectivity index (χ0v) is 15.1. The molecule has 2 aliphatic heterocycles. The lowest BCUT2D eigenvalue weighted by Gasteiger charge is -2.25. The number of amides is 1. The van der Waals surface area contributed by atoms with Crippen molar-refractivity contribution in [2.24, 2.45) is 0 Å². The van der Waals surface area contributed by atoms with Gasteiger partial charge in [-0.1, -0.05) is 36.1 Å². The molecule has 2 aromatic carbocycles. The van der Waals surface area contributed by atoms with Gasteiger partial charge in [0, 0.05) is 23.7 Å². The third-order valence-electron chi connectivity index (χ3n) is 4.79. The molecule has 2 heterocycles. The first-order valence-corrected chi connectivity index (χ1v) is 8.99. The van der Waals surface area contributed by atoms with E-state index in [9.17, 15) is 9.90 Å². The SMILES string of the molecule is CC(O)C1NC=CN1CC#Cc1ccc(-c2ccc3c(c2)NC(=O)C3)cc1. The van der Waals surface area contributed by atoms with Crippen molar-refractivity contribution in [3.05, 3.63) is 66.0 Å². The molecule has 27 heavy (non-hydrogen) atoms. The molecule has 0 spiro atoms. The fourth-order valence-electron chi connectivity index (χ4n) is 3.37. The molecule has 4 rings (SSSR count). The summed E-state index contributed by atoms with van der Waals surface area (Å²) in [5, 5.41) is 15.7. The van der Waals surface area contributed by atoms with Gasteiger partial charge in [-0.3, -0.25) is 4.79 Å². The maximum atomic E-state index is 11.5. The van der Waals surface area contributed by atoms with Crippen LogP contribution in [0.1, 0.15) is 18.1 Å². The summed E-state index contributed by atoms with van der Waals surface area (Å²) in [6.07, 6.45) is 3.59. The van der Waals surface area contributed by atoms with Crippen LogP contribution in [0.25, 0.3) is 11.1 Å². The number of nitrogens with one attached hydrogen (secondary N) is 2. The van der Waals surface area contributed by atoms with Gasteiger partial charge in [-0.15, -0.1) is 0 Å². The van der Waals surface area contributed by atoms with Crippen LogP contribution in [0.2, 0.25) is 0 Å². The van der Waals surface area contributed by atoms with Crippen molar-refractivity contribution in [2.45, 2.75) is 25.6 Å². The van der Waals surface area contributed by atoms with Crippen LogP contribution in [0.15, 0.2) is 54.9 Å². The van der Waals surface area contributed by atoms with E-state index in [-0.39, 0.29) is 12.1 Å². The maximum Gasteiger partial charge on any atom is 0.228 e. The first-order chi connectivity index (χ1) is 13.1. The summed E-state index contributed by atoms with van der Waals surface area (Å²) in [5.41, 5.74) is 5.06. The fourth-order valence-corrected chi connectivity index (χ4v) is 3.37. The van der Waals surface area contributed by atoms with E-state index in [1.165, 1.54) is 0 Å². The molecule has 2 unspecified atom stereocenters. The topological polar surface area (TPSA) is 64.6 Å². The number of benzene rings is 2. The summed E-state index contributed by atoms with van der Waals surface area (Å²) in [5.74, 6) is 6.37. The molecule has 0 saturated carbocycles. The predicted octanol–water partition coefficient (Wildman–Crippen LogP) is 2.28. The van der Waals surface area contributed by atoms with Crippen molar-refractivity contribution in [3.63, 3.8) is 0 Å². The smallest absolute Gasteiger partial charge is 0.228 e. The van der Waals surface area contributed by atoms with Gasteiger partial charge < -0.3 is 20.6 Å². The number of aliphatic hydroxyl groups excluding tert-OH is 1. The number of carbonyl (C=O) groups excluding carboxylic acids is 1. The largest absolute Gasteiger partial charge is 0.389 e. The summed E-state index contributed by atoms with van der Waals surface area (Å²) in [6, 6.07) is 14.1. The Bertz CT molecular complexity index is 952. The third kappa shape index (κ3) is 3.67. The van der Waals surface area contributed by atoms with Gasteiger partial charge in [0.15, 0.2) is 0 Å². The van der Waals surface area contributed by atoms with Crippen LogP contribution in [0.5, 0.6) is 0 Å². The Morgan fingerprint density at radius 1 is 1.22 bits per heavy atom. The molecule has 0 fully saturated rings. The Hall–Kier alpha value is -3.23. The Balaban J connectivity index is 1.44. The van der Waals surface area contributed by atoms with E-state index in [2.05, 4.69) is 22.5 Å². The van der Waals surface area contributed by atoms with E-state index in [4.69, 9.17) is 0 Å². The zero-order chi connectivity index (χ0) is 18.8. The minimum absolute atomic E-state index is 0.0497. The van der Waals surface area contributed by atoms with Crippen LogP contribution < -0.4 is 10.6 Å². The molecule has 1 amide bonds. The van der Waals surface area contributed by atoms with E-state index in [0.717, 1.165) is 27.9 Å². The second kappa shape index (κ2) is 7.18. The lowest BCUT2D eigenvalue weighted by molar-refractivity contribution is -0.115. The normalized spacial score (nSPS) is 18.4. The maximum absolute atomic E-state index is 11.5. The van der Waals surface area contributed by atoms with E-state index in [1.807, 2.05) is 59.8 Å². The molecule has 0 radical (unpaired) electrons. The molecular formula is C22H21N3O2. The highest BCUT2D eigenvalue weighted by Gasteiger charge is 2.22. The summed E-state index contributed by atoms with van der Waals surface area (Å²) >= 11 is 0. The number of fused-ring (bicyclic) bond motifs is 1. The van der Waals surface area contributed by atoms with Gasteiger partial charge in [0.25, 0.3) is 0 Å². The van der Waals surface area contributed by atoms with Crippen LogP contribution in [0, 0.1) is 11.8 Å². The van der Waals surface area contributed by atoms with Crippen LogP contribution in [-0.4, -0.2) is 34.7 Å². The Kier molecular flexibility index (Phi) is 4.57. The monoisotopic (exact) mass is 359 g/mol. The fraction of sp³-hybridized carbons (Fsp3) is 0.227. The molecule has 2 aromatic rings. The molecule has 0 bridgehead atoms. The van der Waals surface area contributed by atoms with Crippen LogP contribution >= 0.6 is 0 Å². The lowest BCUT2D eigenvalue weighted by atomic mass is 10.0. The molecule has 0 saturated heterocycles. The Morgan fingerprint density at radius 3 is 2.78 bits per heavy atom. The number of hydrogen-bond donors (Lipinski definition) is 3. The van der Waals surface area contributed by atoms with Crippen molar-refractivity contribution >= 4 is 11.6 Å². The number of nitrogens with zero attached hydrogens (tertiary/aromatic N) is 1. The lowest BCUT2D eigenvalue weighted by Crippen LogP contribution is -2.43. The second-order valence-electron chi connectivity index (χ2n) is 6.82. The average molecular weight is 359 g/mol. The number of rotatable bonds is 3. The van der Waals surface area contributed by atoms with Gasteiger partial charge >= 0.3 is 0 Å². The summed E-state index contributed by atoms with van der Waals surface area (Å²) in [6.45, 7) is 2.31. The molecule has 136 valence electrons. The van der Waals surface area contributed by atoms with E-state index < -0.39 is 6.10 Å². The number of aliphatic hydroxyl groups is 1. The van der Waals surface area contributed by atoms with Crippen molar-refractivity contribution in [1.29, 1.82) is 0 Å². The standard InChI is InChI=1S/C22H21N3O2/c1-15(26)22-23-10-12-25(22)11-2-3-16-4-6-17(7-5-16)18-8-9-19-14-21(27)24-20(19)13-18/h4-10,12-13,15,22-23,26H,11,14H2,1H3,(H,24,27). The highest BCUT2D eigenvalue weighted by molar-refractivity contribution is 5.99. The van der Waals surface area contributed by atoms with E-state index in [0.29, 0.717) is 13.0 Å². The highest BCUT2D eigenvalue weighted by atomic mass is 16.3. The number of anilines is 1. The Labute approximate surface area is 158 Å². The molecule has 2 atom stereocenters. The first kappa shape index (κ1) is 17.2. The minimum atomic E-state index is -0.474. The van der Waals surface area contributed by atoms with Gasteiger partial charge in [0.1, 0.15) is 6.17 Å². The van der Waals surface area contributed by atoms with Gasteiger partial charge in [-0.2, -0.15) is 0 Å². The number of hydrogen-bond acceptors (Lipinski definition) is 4. The zero-order valence-electron chi connectivity index (χ0n) is 15.1. The second-order valence-corrected chi connectivity index (χ2v) is 6.82. The number of carbonyl (C=O) groups is 1. The van der Waals surface area contributed by atoms with Crippen LogP contribution in [-0.2, 0) is 11.2 Å².